The Labute approximate surface area is 111 Å². The predicted octanol–water partition coefficient (Wildman–Crippen LogP) is 2.58. The lowest BCUT2D eigenvalue weighted by atomic mass is 10.1. The van der Waals surface area contributed by atoms with Crippen LogP contribution in [0.1, 0.15) is 35.8 Å². The number of alkyl halides is 2. The molecular formula is C13H19F2N3O. The maximum absolute atomic E-state index is 12.3. The van der Waals surface area contributed by atoms with Gasteiger partial charge >= 0.3 is 0 Å². The number of aromatic nitrogens is 1. The van der Waals surface area contributed by atoms with E-state index in [2.05, 4.69) is 10.3 Å². The Balaban J connectivity index is 3.05. The average molecular weight is 271 g/mol. The fraction of sp³-hybridized carbons (Fsp3) is 0.538. The van der Waals surface area contributed by atoms with Gasteiger partial charge in [0.15, 0.2) is 0 Å². The van der Waals surface area contributed by atoms with Crippen molar-refractivity contribution in [1.29, 1.82) is 0 Å². The minimum atomic E-state index is -2.54. The molecular weight excluding hydrogens is 252 g/mol. The second-order valence-corrected chi connectivity index (χ2v) is 4.65. The van der Waals surface area contributed by atoms with Gasteiger partial charge in [0, 0.05) is 25.4 Å². The molecule has 0 aromatic carbocycles. The summed E-state index contributed by atoms with van der Waals surface area (Å²) in [5.41, 5.74) is 1.12. The van der Waals surface area contributed by atoms with E-state index in [9.17, 15) is 13.6 Å². The molecule has 0 bridgehead atoms. The Morgan fingerprint density at radius 2 is 2.05 bits per heavy atom. The number of carbonyl (C=O) groups excluding carboxylic acids is 1. The summed E-state index contributed by atoms with van der Waals surface area (Å²) in [6.45, 7) is 3.34. The second kappa shape index (κ2) is 6.45. The smallest absolute Gasteiger partial charge is 0.255 e. The van der Waals surface area contributed by atoms with Crippen LogP contribution in [0.3, 0.4) is 0 Å². The zero-order valence-corrected chi connectivity index (χ0v) is 11.6. The van der Waals surface area contributed by atoms with Gasteiger partial charge in [0.2, 0.25) is 0 Å². The van der Waals surface area contributed by atoms with E-state index in [0.717, 1.165) is 10.6 Å². The monoisotopic (exact) mass is 271 g/mol. The summed E-state index contributed by atoms with van der Waals surface area (Å²) in [6.07, 6.45) is -2.54. The molecule has 1 N–H and O–H groups in total. The molecule has 1 heterocycles. The third kappa shape index (κ3) is 4.15. The molecule has 1 amide bonds. The fourth-order valence-corrected chi connectivity index (χ4v) is 1.61. The molecule has 0 aliphatic carbocycles. The minimum Gasteiger partial charge on any atom is -0.373 e. The van der Waals surface area contributed by atoms with Crippen molar-refractivity contribution >= 4 is 11.7 Å². The third-order valence-electron chi connectivity index (χ3n) is 2.70. The van der Waals surface area contributed by atoms with Crippen molar-refractivity contribution in [2.24, 2.45) is 0 Å². The number of pyridine rings is 1. The molecule has 106 valence electrons. The molecule has 0 aliphatic heterocycles. The molecule has 0 unspecified atom stereocenters. The summed E-state index contributed by atoms with van der Waals surface area (Å²) in [4.78, 5) is 17.4. The fourth-order valence-electron chi connectivity index (χ4n) is 1.61. The van der Waals surface area contributed by atoms with Gasteiger partial charge in [0.25, 0.3) is 12.3 Å². The van der Waals surface area contributed by atoms with Gasteiger partial charge in [-0.25, -0.2) is 13.8 Å². The first kappa shape index (κ1) is 15.3. The SMILES string of the molecule is CNc1cc(C(=O)N(C)CC(F)F)cc(C(C)C)n1. The van der Waals surface area contributed by atoms with Crippen molar-refractivity contribution < 1.29 is 13.6 Å². The van der Waals surface area contributed by atoms with Gasteiger partial charge in [-0.3, -0.25) is 4.79 Å². The van der Waals surface area contributed by atoms with Crippen LogP contribution in [0, 0.1) is 0 Å². The summed E-state index contributed by atoms with van der Waals surface area (Å²) in [6, 6.07) is 3.21. The van der Waals surface area contributed by atoms with Crippen molar-refractivity contribution in [3.05, 3.63) is 23.4 Å². The first-order valence-electron chi connectivity index (χ1n) is 6.08. The van der Waals surface area contributed by atoms with Crippen molar-refractivity contribution in [1.82, 2.24) is 9.88 Å². The van der Waals surface area contributed by atoms with Crippen LogP contribution in [-0.2, 0) is 0 Å². The first-order valence-corrected chi connectivity index (χ1v) is 6.08. The Bertz CT molecular complexity index is 450. The van der Waals surface area contributed by atoms with Crippen molar-refractivity contribution in [3.63, 3.8) is 0 Å². The van der Waals surface area contributed by atoms with Crippen LogP contribution in [0.25, 0.3) is 0 Å². The number of nitrogens with one attached hydrogen (secondary N) is 1. The molecule has 19 heavy (non-hydrogen) atoms. The van der Waals surface area contributed by atoms with E-state index >= 15 is 0 Å². The van der Waals surface area contributed by atoms with Gasteiger partial charge in [-0.15, -0.1) is 0 Å². The highest BCUT2D eigenvalue weighted by molar-refractivity contribution is 5.94. The van der Waals surface area contributed by atoms with Gasteiger partial charge in [-0.1, -0.05) is 13.8 Å². The largest absolute Gasteiger partial charge is 0.373 e. The zero-order valence-electron chi connectivity index (χ0n) is 11.6. The molecule has 0 aliphatic rings. The molecule has 1 aromatic heterocycles. The highest BCUT2D eigenvalue weighted by Gasteiger charge is 2.18. The Morgan fingerprint density at radius 3 is 2.53 bits per heavy atom. The number of hydrogen-bond acceptors (Lipinski definition) is 3. The zero-order chi connectivity index (χ0) is 14.6. The summed E-state index contributed by atoms with van der Waals surface area (Å²) in [5.74, 6) is 0.279. The lowest BCUT2D eigenvalue weighted by Crippen LogP contribution is -2.31. The van der Waals surface area contributed by atoms with Gasteiger partial charge in [0.05, 0.1) is 6.54 Å². The Hall–Kier alpha value is -1.72. The summed E-state index contributed by atoms with van der Waals surface area (Å²) < 4.78 is 24.6. The first-order chi connectivity index (χ1) is 8.85. The van der Waals surface area contributed by atoms with Crippen LogP contribution in [0.2, 0.25) is 0 Å². The van der Waals surface area contributed by atoms with Crippen LogP contribution >= 0.6 is 0 Å². The number of nitrogens with zero attached hydrogens (tertiary/aromatic N) is 2. The molecule has 4 nitrogen and oxygen atoms in total. The number of hydrogen-bond donors (Lipinski definition) is 1. The van der Waals surface area contributed by atoms with Crippen LogP contribution in [0.4, 0.5) is 14.6 Å². The van der Waals surface area contributed by atoms with Crippen LogP contribution in [0.5, 0.6) is 0 Å². The molecule has 0 saturated carbocycles. The second-order valence-electron chi connectivity index (χ2n) is 4.65. The Morgan fingerprint density at radius 1 is 1.42 bits per heavy atom. The molecule has 6 heteroatoms. The summed E-state index contributed by atoms with van der Waals surface area (Å²) >= 11 is 0. The van der Waals surface area contributed by atoms with E-state index in [1.165, 1.54) is 7.05 Å². The van der Waals surface area contributed by atoms with Crippen molar-refractivity contribution in [2.45, 2.75) is 26.2 Å². The van der Waals surface area contributed by atoms with Crippen LogP contribution in [-0.4, -0.2) is 42.9 Å². The number of halogens is 2. The number of carbonyl (C=O) groups is 1. The predicted molar refractivity (Wildman–Crippen MR) is 70.8 cm³/mol. The van der Waals surface area contributed by atoms with E-state index in [1.807, 2.05) is 13.8 Å². The van der Waals surface area contributed by atoms with Gasteiger partial charge in [-0.2, -0.15) is 0 Å². The topological polar surface area (TPSA) is 45.2 Å². The van der Waals surface area contributed by atoms with Crippen molar-refractivity contribution in [3.8, 4) is 0 Å². The number of rotatable bonds is 5. The van der Waals surface area contributed by atoms with E-state index in [-0.39, 0.29) is 5.92 Å². The van der Waals surface area contributed by atoms with Crippen LogP contribution in [0.15, 0.2) is 12.1 Å². The Kier molecular flexibility index (Phi) is 5.20. The maximum atomic E-state index is 12.3. The highest BCUT2D eigenvalue weighted by Crippen LogP contribution is 2.18. The van der Waals surface area contributed by atoms with Gasteiger partial charge < -0.3 is 10.2 Å². The van der Waals surface area contributed by atoms with Gasteiger partial charge in [0.1, 0.15) is 5.82 Å². The van der Waals surface area contributed by atoms with E-state index in [4.69, 9.17) is 0 Å². The molecule has 0 fully saturated rings. The summed E-state index contributed by atoms with van der Waals surface area (Å²) in [7, 11) is 3.06. The highest BCUT2D eigenvalue weighted by atomic mass is 19.3. The van der Waals surface area contributed by atoms with Crippen molar-refractivity contribution in [2.75, 3.05) is 26.0 Å². The number of amides is 1. The molecule has 0 radical (unpaired) electrons. The quantitative estimate of drug-likeness (QED) is 0.895. The minimum absolute atomic E-state index is 0.153. The number of anilines is 1. The average Bonchev–Trinajstić information content (AvgIpc) is 2.36. The molecule has 0 saturated heterocycles. The van der Waals surface area contributed by atoms with E-state index in [1.54, 1.807) is 19.2 Å². The third-order valence-corrected chi connectivity index (χ3v) is 2.70. The normalized spacial score (nSPS) is 10.9. The van der Waals surface area contributed by atoms with Crippen LogP contribution < -0.4 is 5.32 Å². The standard InChI is InChI=1S/C13H19F2N3O/c1-8(2)10-5-9(6-12(16-3)17-10)13(19)18(4)7-11(14)15/h5-6,8,11H,7H2,1-4H3,(H,16,17). The van der Waals surface area contributed by atoms with Gasteiger partial charge in [-0.05, 0) is 18.1 Å². The molecule has 1 aromatic rings. The van der Waals surface area contributed by atoms with E-state index < -0.39 is 18.9 Å². The lowest BCUT2D eigenvalue weighted by Gasteiger charge is -2.18. The maximum Gasteiger partial charge on any atom is 0.255 e. The summed E-state index contributed by atoms with van der Waals surface area (Å²) in [5, 5.41) is 2.87. The molecule has 0 spiro atoms. The molecule has 0 atom stereocenters. The lowest BCUT2D eigenvalue weighted by molar-refractivity contribution is 0.0620. The molecule has 1 rings (SSSR count). The van der Waals surface area contributed by atoms with E-state index in [0.29, 0.717) is 11.4 Å².